The lowest BCUT2D eigenvalue weighted by Crippen LogP contribution is -2.56. The minimum absolute atomic E-state index is 0.116. The maximum Gasteiger partial charge on any atom is 0.247 e. The second kappa shape index (κ2) is 10.6. The van der Waals surface area contributed by atoms with Gasteiger partial charge in [0.25, 0.3) is 0 Å². The molecule has 1 saturated heterocycles. The Morgan fingerprint density at radius 3 is 2.53 bits per heavy atom. The zero-order valence-corrected chi connectivity index (χ0v) is 19.6. The molecule has 1 aromatic carbocycles. The monoisotopic (exact) mass is 458 g/mol. The van der Waals surface area contributed by atoms with E-state index in [4.69, 9.17) is 0 Å². The number of benzene rings is 1. The van der Waals surface area contributed by atoms with E-state index in [1.165, 1.54) is 0 Å². The molecule has 1 fully saturated rings. The SMILES string of the molecule is CN[C@@H](C)C(=O)N[C@H](C(=O)N1CCC[C@H]1C(=O)Nc1snnc1-c1ccccc1)C(C)C. The molecule has 9 nitrogen and oxygen atoms in total. The molecule has 0 bridgehead atoms. The topological polar surface area (TPSA) is 116 Å². The van der Waals surface area contributed by atoms with Gasteiger partial charge in [-0.2, -0.15) is 0 Å². The highest BCUT2D eigenvalue weighted by Crippen LogP contribution is 2.30. The second-order valence-electron chi connectivity index (χ2n) is 8.24. The summed E-state index contributed by atoms with van der Waals surface area (Å²) in [6, 6.07) is 7.78. The number of hydrogen-bond acceptors (Lipinski definition) is 7. The first-order chi connectivity index (χ1) is 15.3. The van der Waals surface area contributed by atoms with Crippen molar-refractivity contribution in [2.24, 2.45) is 5.92 Å². The summed E-state index contributed by atoms with van der Waals surface area (Å²) in [6.07, 6.45) is 1.29. The van der Waals surface area contributed by atoms with Gasteiger partial charge in [0.05, 0.1) is 6.04 Å². The average Bonchev–Trinajstić information content (AvgIpc) is 3.46. The zero-order valence-electron chi connectivity index (χ0n) is 18.8. The fourth-order valence-corrected chi connectivity index (χ4v) is 4.25. The van der Waals surface area contributed by atoms with Crippen LogP contribution in [-0.4, -0.2) is 63.9 Å². The molecule has 2 aromatic rings. The van der Waals surface area contributed by atoms with Crippen LogP contribution in [0.3, 0.4) is 0 Å². The van der Waals surface area contributed by atoms with E-state index >= 15 is 0 Å². The summed E-state index contributed by atoms with van der Waals surface area (Å²) in [4.78, 5) is 40.4. The Hall–Kier alpha value is -2.85. The predicted octanol–water partition coefficient (Wildman–Crippen LogP) is 1.88. The number of likely N-dealkylation sites (tertiary alicyclic amines) is 1. The molecule has 0 saturated carbocycles. The first-order valence-electron chi connectivity index (χ1n) is 10.8. The summed E-state index contributed by atoms with van der Waals surface area (Å²) < 4.78 is 3.98. The van der Waals surface area contributed by atoms with E-state index in [0.717, 1.165) is 23.5 Å². The highest BCUT2D eigenvalue weighted by atomic mass is 32.1. The van der Waals surface area contributed by atoms with Gasteiger partial charge in [-0.3, -0.25) is 14.4 Å². The van der Waals surface area contributed by atoms with Crippen LogP contribution in [0, 0.1) is 5.92 Å². The molecule has 2 heterocycles. The maximum absolute atomic E-state index is 13.3. The van der Waals surface area contributed by atoms with Gasteiger partial charge in [0.15, 0.2) is 0 Å². The van der Waals surface area contributed by atoms with Gasteiger partial charge in [-0.05, 0) is 32.7 Å². The number of nitrogens with one attached hydrogen (secondary N) is 3. The van der Waals surface area contributed by atoms with E-state index < -0.39 is 18.1 Å². The number of aromatic nitrogens is 2. The number of hydrogen-bond donors (Lipinski definition) is 3. The molecule has 32 heavy (non-hydrogen) atoms. The molecular formula is C22H30N6O3S. The molecule has 3 amide bonds. The standard InChI is InChI=1S/C22H30N6O3S/c1-13(2)17(24-19(29)14(3)23-4)22(31)28-12-8-11-16(28)20(30)25-21-18(26-27-32-21)15-9-6-5-7-10-15/h5-7,9-10,13-14,16-17,23H,8,11-12H2,1-4H3,(H,24,29)(H,25,30)/t14-,16-,17-/m0/s1. The first-order valence-corrected chi connectivity index (χ1v) is 11.6. The van der Waals surface area contributed by atoms with Crippen molar-refractivity contribution in [3.05, 3.63) is 30.3 Å². The Morgan fingerprint density at radius 2 is 1.88 bits per heavy atom. The van der Waals surface area contributed by atoms with Crippen molar-refractivity contribution in [3.63, 3.8) is 0 Å². The summed E-state index contributed by atoms with van der Waals surface area (Å²) in [7, 11) is 1.69. The van der Waals surface area contributed by atoms with Crippen molar-refractivity contribution in [2.45, 2.75) is 51.7 Å². The lowest BCUT2D eigenvalue weighted by Gasteiger charge is -2.31. The van der Waals surface area contributed by atoms with Crippen molar-refractivity contribution in [1.29, 1.82) is 0 Å². The molecule has 1 aliphatic heterocycles. The van der Waals surface area contributed by atoms with Crippen molar-refractivity contribution in [1.82, 2.24) is 25.1 Å². The highest BCUT2D eigenvalue weighted by molar-refractivity contribution is 7.10. The Morgan fingerprint density at radius 1 is 1.16 bits per heavy atom. The van der Waals surface area contributed by atoms with E-state index in [1.54, 1.807) is 18.9 Å². The molecule has 10 heteroatoms. The van der Waals surface area contributed by atoms with Gasteiger partial charge in [-0.1, -0.05) is 48.7 Å². The van der Waals surface area contributed by atoms with Crippen LogP contribution < -0.4 is 16.0 Å². The van der Waals surface area contributed by atoms with Crippen LogP contribution in [0.25, 0.3) is 11.3 Å². The summed E-state index contributed by atoms with van der Waals surface area (Å²) in [5, 5.41) is 13.3. The highest BCUT2D eigenvalue weighted by Gasteiger charge is 2.39. The molecule has 3 N–H and O–H groups in total. The van der Waals surface area contributed by atoms with Crippen LogP contribution in [0.15, 0.2) is 30.3 Å². The normalized spacial score (nSPS) is 17.8. The molecule has 0 spiro atoms. The molecule has 3 rings (SSSR count). The molecule has 1 aliphatic rings. The fourth-order valence-electron chi connectivity index (χ4n) is 3.66. The van der Waals surface area contributed by atoms with Crippen LogP contribution >= 0.6 is 11.5 Å². The Balaban J connectivity index is 1.73. The molecular weight excluding hydrogens is 428 g/mol. The Bertz CT molecular complexity index is 948. The van der Waals surface area contributed by atoms with E-state index in [9.17, 15) is 14.4 Å². The van der Waals surface area contributed by atoms with E-state index in [-0.39, 0.29) is 23.6 Å². The van der Waals surface area contributed by atoms with Crippen LogP contribution in [0.4, 0.5) is 5.00 Å². The summed E-state index contributed by atoms with van der Waals surface area (Å²) in [5.41, 5.74) is 1.46. The summed E-state index contributed by atoms with van der Waals surface area (Å²) >= 11 is 1.11. The maximum atomic E-state index is 13.3. The van der Waals surface area contributed by atoms with Gasteiger partial charge >= 0.3 is 0 Å². The van der Waals surface area contributed by atoms with Gasteiger partial charge in [-0.15, -0.1) is 5.10 Å². The summed E-state index contributed by atoms with van der Waals surface area (Å²) in [5.74, 6) is -0.866. The first kappa shape index (κ1) is 23.8. The van der Waals surface area contributed by atoms with Gasteiger partial charge in [-0.25, -0.2) is 0 Å². The Labute approximate surface area is 192 Å². The predicted molar refractivity (Wildman–Crippen MR) is 124 cm³/mol. The quantitative estimate of drug-likeness (QED) is 0.556. The zero-order chi connectivity index (χ0) is 23.3. The number of likely N-dealkylation sites (N-methyl/N-ethyl adjacent to an activating group) is 1. The smallest absolute Gasteiger partial charge is 0.247 e. The van der Waals surface area contributed by atoms with Gasteiger partial charge < -0.3 is 20.9 Å². The third-order valence-electron chi connectivity index (χ3n) is 5.67. The lowest BCUT2D eigenvalue weighted by molar-refractivity contribution is -0.141. The van der Waals surface area contributed by atoms with Crippen molar-refractivity contribution >= 4 is 34.3 Å². The number of nitrogens with zero attached hydrogens (tertiary/aromatic N) is 3. The van der Waals surface area contributed by atoms with Crippen LogP contribution in [0.5, 0.6) is 0 Å². The largest absolute Gasteiger partial charge is 0.343 e. The molecule has 3 atom stereocenters. The molecule has 0 unspecified atom stereocenters. The number of amides is 3. The Kier molecular flexibility index (Phi) is 7.92. The molecule has 0 radical (unpaired) electrons. The number of carbonyl (C=O) groups is 3. The molecule has 1 aromatic heterocycles. The third-order valence-corrected chi connectivity index (χ3v) is 6.31. The number of rotatable bonds is 8. The van der Waals surface area contributed by atoms with Crippen LogP contribution in [-0.2, 0) is 14.4 Å². The summed E-state index contributed by atoms with van der Waals surface area (Å²) in [6.45, 7) is 5.97. The average molecular weight is 459 g/mol. The van der Waals surface area contributed by atoms with E-state index in [1.807, 2.05) is 44.2 Å². The van der Waals surface area contributed by atoms with Gasteiger partial charge in [0.2, 0.25) is 17.7 Å². The minimum atomic E-state index is -0.698. The molecule has 0 aliphatic carbocycles. The van der Waals surface area contributed by atoms with Crippen molar-refractivity contribution < 1.29 is 14.4 Å². The van der Waals surface area contributed by atoms with Crippen LogP contribution in [0.1, 0.15) is 33.6 Å². The minimum Gasteiger partial charge on any atom is -0.343 e. The number of carbonyl (C=O) groups excluding carboxylic acids is 3. The van der Waals surface area contributed by atoms with Crippen LogP contribution in [0.2, 0.25) is 0 Å². The van der Waals surface area contributed by atoms with E-state index in [2.05, 4.69) is 25.5 Å². The number of anilines is 1. The van der Waals surface area contributed by atoms with Gasteiger partial charge in [0, 0.05) is 23.6 Å². The van der Waals surface area contributed by atoms with E-state index in [0.29, 0.717) is 23.7 Å². The molecule has 172 valence electrons. The van der Waals surface area contributed by atoms with Gasteiger partial charge in [0.1, 0.15) is 22.8 Å². The third kappa shape index (κ3) is 5.31. The van der Waals surface area contributed by atoms with Crippen molar-refractivity contribution in [2.75, 3.05) is 18.9 Å². The lowest BCUT2D eigenvalue weighted by atomic mass is 10.0. The second-order valence-corrected chi connectivity index (χ2v) is 8.99. The van der Waals surface area contributed by atoms with Crippen molar-refractivity contribution in [3.8, 4) is 11.3 Å². The fraction of sp³-hybridized carbons (Fsp3) is 0.500.